The van der Waals surface area contributed by atoms with Crippen molar-refractivity contribution in [2.24, 2.45) is 0 Å². The van der Waals surface area contributed by atoms with Crippen molar-refractivity contribution in [3.63, 3.8) is 0 Å². The zero-order valence-corrected chi connectivity index (χ0v) is 11.2. The fourth-order valence-electron chi connectivity index (χ4n) is 1.99. The van der Waals surface area contributed by atoms with E-state index in [2.05, 4.69) is 5.32 Å². The molecule has 7 heteroatoms. The van der Waals surface area contributed by atoms with Crippen LogP contribution in [0, 0.1) is 5.82 Å². The van der Waals surface area contributed by atoms with Gasteiger partial charge in [-0.3, -0.25) is 4.79 Å². The van der Waals surface area contributed by atoms with Crippen molar-refractivity contribution >= 4 is 15.7 Å². The number of methoxy groups -OCH3 is 1. The molecule has 0 bridgehead atoms. The van der Waals surface area contributed by atoms with Crippen LogP contribution in [0.4, 0.5) is 4.39 Å². The van der Waals surface area contributed by atoms with E-state index in [0.29, 0.717) is 6.42 Å². The summed E-state index contributed by atoms with van der Waals surface area (Å²) in [6.45, 7) is 0. The molecule has 1 aliphatic rings. The summed E-state index contributed by atoms with van der Waals surface area (Å²) >= 11 is 0. The molecule has 1 N–H and O–H groups in total. The summed E-state index contributed by atoms with van der Waals surface area (Å²) in [6, 6.07) is 3.45. The van der Waals surface area contributed by atoms with E-state index < -0.39 is 27.6 Å². The summed E-state index contributed by atoms with van der Waals surface area (Å²) in [6.07, 6.45) is 0.396. The lowest BCUT2D eigenvalue weighted by atomic mass is 10.1. The second-order valence-corrected chi connectivity index (χ2v) is 6.65. The monoisotopic (exact) mass is 287 g/mol. The van der Waals surface area contributed by atoms with E-state index in [1.54, 1.807) is 0 Å². The molecule has 1 fully saturated rings. The number of benzene rings is 1. The van der Waals surface area contributed by atoms with E-state index in [1.807, 2.05) is 0 Å². The number of rotatable bonds is 3. The van der Waals surface area contributed by atoms with Crippen LogP contribution in [0.25, 0.3) is 0 Å². The molecular weight excluding hydrogens is 273 g/mol. The van der Waals surface area contributed by atoms with Gasteiger partial charge in [-0.25, -0.2) is 12.8 Å². The van der Waals surface area contributed by atoms with Crippen LogP contribution in [0.3, 0.4) is 0 Å². The number of halogens is 1. The minimum absolute atomic E-state index is 0.0556. The van der Waals surface area contributed by atoms with Crippen LogP contribution in [0.5, 0.6) is 5.75 Å². The first kappa shape index (κ1) is 13.8. The van der Waals surface area contributed by atoms with Gasteiger partial charge in [0.25, 0.3) is 5.91 Å². The van der Waals surface area contributed by atoms with Crippen LogP contribution in [-0.2, 0) is 9.84 Å². The Kier molecular flexibility index (Phi) is 3.75. The van der Waals surface area contributed by atoms with Gasteiger partial charge in [0.1, 0.15) is 0 Å². The average Bonchev–Trinajstić information content (AvgIpc) is 2.68. The number of ether oxygens (including phenoxy) is 1. The Morgan fingerprint density at radius 2 is 2.21 bits per heavy atom. The summed E-state index contributed by atoms with van der Waals surface area (Å²) in [5.41, 5.74) is 0.141. The maximum atomic E-state index is 13.4. The summed E-state index contributed by atoms with van der Waals surface area (Å²) in [4.78, 5) is 11.9. The molecule has 1 saturated heterocycles. The normalized spacial score (nSPS) is 21.1. The van der Waals surface area contributed by atoms with E-state index in [-0.39, 0.29) is 22.8 Å². The van der Waals surface area contributed by atoms with Gasteiger partial charge in [0.15, 0.2) is 21.4 Å². The molecule has 0 aliphatic carbocycles. The molecule has 0 radical (unpaired) electrons. The Balaban J connectivity index is 2.06. The van der Waals surface area contributed by atoms with E-state index in [1.165, 1.54) is 19.2 Å². The van der Waals surface area contributed by atoms with Crippen LogP contribution in [0.2, 0.25) is 0 Å². The van der Waals surface area contributed by atoms with Crippen molar-refractivity contribution in [3.8, 4) is 5.75 Å². The number of sulfone groups is 1. The van der Waals surface area contributed by atoms with Crippen molar-refractivity contribution in [1.29, 1.82) is 0 Å². The largest absolute Gasteiger partial charge is 0.494 e. The standard InChI is InChI=1S/C12H14FNO4S/c1-18-11-3-2-8(6-10(11)13)12(15)14-9-4-5-19(16,17)7-9/h2-3,6,9H,4-5,7H2,1H3,(H,14,15)/t9-/m0/s1. The smallest absolute Gasteiger partial charge is 0.251 e. The van der Waals surface area contributed by atoms with E-state index >= 15 is 0 Å². The van der Waals surface area contributed by atoms with Gasteiger partial charge < -0.3 is 10.1 Å². The Morgan fingerprint density at radius 3 is 2.74 bits per heavy atom. The highest BCUT2D eigenvalue weighted by Gasteiger charge is 2.29. The van der Waals surface area contributed by atoms with Gasteiger partial charge in [0.05, 0.1) is 18.6 Å². The zero-order chi connectivity index (χ0) is 14.0. The van der Waals surface area contributed by atoms with Crippen LogP contribution in [0.15, 0.2) is 18.2 Å². The number of nitrogens with one attached hydrogen (secondary N) is 1. The number of amides is 1. The maximum Gasteiger partial charge on any atom is 0.251 e. The fraction of sp³-hybridized carbons (Fsp3) is 0.417. The SMILES string of the molecule is COc1ccc(C(=O)N[C@H]2CCS(=O)(=O)C2)cc1F. The molecule has 1 aliphatic heterocycles. The van der Waals surface area contributed by atoms with Gasteiger partial charge in [-0.2, -0.15) is 0 Å². The Bertz CT molecular complexity index is 600. The van der Waals surface area contributed by atoms with Gasteiger partial charge in [0, 0.05) is 11.6 Å². The predicted molar refractivity (Wildman–Crippen MR) is 67.5 cm³/mol. The minimum atomic E-state index is -3.05. The first-order valence-electron chi connectivity index (χ1n) is 5.76. The Labute approximate surface area is 110 Å². The quantitative estimate of drug-likeness (QED) is 0.890. The molecule has 0 aromatic heterocycles. The molecule has 1 aromatic rings. The summed E-state index contributed by atoms with van der Waals surface area (Å²) < 4.78 is 40.7. The van der Waals surface area contributed by atoms with Crippen molar-refractivity contribution in [1.82, 2.24) is 5.32 Å². The maximum absolute atomic E-state index is 13.4. The lowest BCUT2D eigenvalue weighted by Crippen LogP contribution is -2.35. The Hall–Kier alpha value is -1.63. The molecule has 1 atom stereocenters. The first-order valence-corrected chi connectivity index (χ1v) is 7.58. The summed E-state index contributed by atoms with van der Waals surface area (Å²) in [5, 5.41) is 2.59. The van der Waals surface area contributed by atoms with Crippen molar-refractivity contribution in [2.45, 2.75) is 12.5 Å². The molecule has 104 valence electrons. The number of carbonyl (C=O) groups excluding carboxylic acids is 1. The van der Waals surface area contributed by atoms with Gasteiger partial charge >= 0.3 is 0 Å². The highest BCUT2D eigenvalue weighted by molar-refractivity contribution is 7.91. The molecule has 0 saturated carbocycles. The third-order valence-electron chi connectivity index (χ3n) is 2.98. The minimum Gasteiger partial charge on any atom is -0.494 e. The molecular formula is C12H14FNO4S. The molecule has 0 spiro atoms. The third-order valence-corrected chi connectivity index (χ3v) is 4.75. The second-order valence-electron chi connectivity index (χ2n) is 4.42. The van der Waals surface area contributed by atoms with Gasteiger partial charge in [-0.05, 0) is 24.6 Å². The lowest BCUT2D eigenvalue weighted by molar-refractivity contribution is 0.0940. The highest BCUT2D eigenvalue weighted by Crippen LogP contribution is 2.18. The molecule has 1 heterocycles. The fourth-order valence-corrected chi connectivity index (χ4v) is 3.66. The average molecular weight is 287 g/mol. The van der Waals surface area contributed by atoms with Crippen LogP contribution < -0.4 is 10.1 Å². The van der Waals surface area contributed by atoms with Gasteiger partial charge in [0.2, 0.25) is 0 Å². The summed E-state index contributed by atoms with van der Waals surface area (Å²) in [7, 11) is -1.72. The summed E-state index contributed by atoms with van der Waals surface area (Å²) in [5.74, 6) is -1.04. The molecule has 19 heavy (non-hydrogen) atoms. The van der Waals surface area contributed by atoms with E-state index in [0.717, 1.165) is 6.07 Å². The van der Waals surface area contributed by atoms with Gasteiger partial charge in [-0.15, -0.1) is 0 Å². The van der Waals surface area contributed by atoms with Crippen molar-refractivity contribution in [3.05, 3.63) is 29.6 Å². The number of hydrogen-bond donors (Lipinski definition) is 1. The van der Waals surface area contributed by atoms with Gasteiger partial charge in [-0.1, -0.05) is 0 Å². The first-order chi connectivity index (χ1) is 8.91. The van der Waals surface area contributed by atoms with E-state index in [9.17, 15) is 17.6 Å². The molecule has 5 nitrogen and oxygen atoms in total. The molecule has 0 unspecified atom stereocenters. The number of carbonyl (C=O) groups is 1. The molecule has 2 rings (SSSR count). The van der Waals surface area contributed by atoms with Crippen LogP contribution in [0.1, 0.15) is 16.8 Å². The molecule has 1 aromatic carbocycles. The highest BCUT2D eigenvalue weighted by atomic mass is 32.2. The molecule has 1 amide bonds. The lowest BCUT2D eigenvalue weighted by Gasteiger charge is -2.11. The topological polar surface area (TPSA) is 72.5 Å². The van der Waals surface area contributed by atoms with Crippen molar-refractivity contribution in [2.75, 3.05) is 18.6 Å². The van der Waals surface area contributed by atoms with Crippen LogP contribution in [-0.4, -0.2) is 39.0 Å². The zero-order valence-electron chi connectivity index (χ0n) is 10.3. The van der Waals surface area contributed by atoms with E-state index in [4.69, 9.17) is 4.74 Å². The van der Waals surface area contributed by atoms with Crippen LogP contribution >= 0.6 is 0 Å². The Morgan fingerprint density at radius 1 is 1.47 bits per heavy atom. The van der Waals surface area contributed by atoms with Crippen molar-refractivity contribution < 1.29 is 22.3 Å². The third kappa shape index (κ3) is 3.23. The number of hydrogen-bond acceptors (Lipinski definition) is 4. The predicted octanol–water partition coefficient (Wildman–Crippen LogP) is 0.751. The second kappa shape index (κ2) is 5.16.